The number of aromatic nitrogens is 1. The standard InChI is InChI=1S/C13H16N2O3/c1-8-5-6-9-7-15(11(16)10(9)14-8)12(17)18-13(2,3)4/h5-6H,7H2,1-4H3. The van der Waals surface area contributed by atoms with Crippen LogP contribution in [0.15, 0.2) is 12.1 Å². The number of hydrogen-bond donors (Lipinski definition) is 0. The number of carbonyl (C=O) groups excluding carboxylic acids is 2. The summed E-state index contributed by atoms with van der Waals surface area (Å²) < 4.78 is 5.19. The van der Waals surface area contributed by atoms with Gasteiger partial charge in [0.25, 0.3) is 5.91 Å². The van der Waals surface area contributed by atoms with Crippen LogP contribution in [0.5, 0.6) is 0 Å². The van der Waals surface area contributed by atoms with Gasteiger partial charge in [-0.3, -0.25) is 4.79 Å². The molecular formula is C13H16N2O3. The topological polar surface area (TPSA) is 59.5 Å². The first-order valence-corrected chi connectivity index (χ1v) is 5.79. The Morgan fingerprint density at radius 3 is 2.67 bits per heavy atom. The van der Waals surface area contributed by atoms with E-state index in [-0.39, 0.29) is 12.5 Å². The predicted molar refractivity (Wildman–Crippen MR) is 65.1 cm³/mol. The van der Waals surface area contributed by atoms with Crippen molar-refractivity contribution in [2.24, 2.45) is 0 Å². The van der Waals surface area contributed by atoms with Crippen molar-refractivity contribution in [2.45, 2.75) is 39.8 Å². The second-order valence-electron chi connectivity index (χ2n) is 5.33. The van der Waals surface area contributed by atoms with Crippen molar-refractivity contribution in [1.82, 2.24) is 9.88 Å². The molecule has 0 aliphatic carbocycles. The Kier molecular flexibility index (Phi) is 2.84. The van der Waals surface area contributed by atoms with Crippen LogP contribution in [0.3, 0.4) is 0 Å². The number of fused-ring (bicyclic) bond motifs is 1. The van der Waals surface area contributed by atoms with E-state index in [2.05, 4.69) is 4.98 Å². The Morgan fingerprint density at radius 2 is 2.06 bits per heavy atom. The maximum Gasteiger partial charge on any atom is 0.417 e. The van der Waals surface area contributed by atoms with Crippen LogP contribution in [0, 0.1) is 6.92 Å². The first kappa shape index (κ1) is 12.5. The van der Waals surface area contributed by atoms with Crippen molar-refractivity contribution in [3.8, 4) is 0 Å². The van der Waals surface area contributed by atoms with Gasteiger partial charge in [-0.1, -0.05) is 6.07 Å². The van der Waals surface area contributed by atoms with Gasteiger partial charge < -0.3 is 4.74 Å². The second-order valence-corrected chi connectivity index (χ2v) is 5.33. The summed E-state index contributed by atoms with van der Waals surface area (Å²) in [5.41, 5.74) is 1.25. The molecule has 2 amide bonds. The molecule has 0 bridgehead atoms. The molecule has 1 aliphatic heterocycles. The Hall–Kier alpha value is -1.91. The molecule has 0 unspecified atom stereocenters. The largest absolute Gasteiger partial charge is 0.443 e. The van der Waals surface area contributed by atoms with Crippen molar-refractivity contribution in [3.05, 3.63) is 29.1 Å². The number of carbonyl (C=O) groups is 2. The van der Waals surface area contributed by atoms with E-state index < -0.39 is 11.7 Å². The second kappa shape index (κ2) is 4.08. The monoisotopic (exact) mass is 248 g/mol. The molecule has 96 valence electrons. The molecule has 0 saturated heterocycles. The van der Waals surface area contributed by atoms with E-state index in [9.17, 15) is 9.59 Å². The number of aryl methyl sites for hydroxylation is 1. The molecule has 1 aliphatic rings. The number of ether oxygens (including phenoxy) is 1. The van der Waals surface area contributed by atoms with E-state index in [1.165, 1.54) is 0 Å². The van der Waals surface area contributed by atoms with Crippen molar-refractivity contribution >= 4 is 12.0 Å². The summed E-state index contributed by atoms with van der Waals surface area (Å²) in [6.07, 6.45) is -0.622. The molecular weight excluding hydrogens is 232 g/mol. The lowest BCUT2D eigenvalue weighted by Crippen LogP contribution is -2.37. The molecule has 0 radical (unpaired) electrons. The molecule has 5 heteroatoms. The van der Waals surface area contributed by atoms with Gasteiger partial charge in [-0.15, -0.1) is 0 Å². The average molecular weight is 248 g/mol. The van der Waals surface area contributed by atoms with E-state index in [0.717, 1.165) is 16.2 Å². The molecule has 0 aromatic carbocycles. The summed E-state index contributed by atoms with van der Waals surface area (Å²) in [4.78, 5) is 29.2. The summed E-state index contributed by atoms with van der Waals surface area (Å²) in [6, 6.07) is 3.64. The summed E-state index contributed by atoms with van der Waals surface area (Å²) in [6.45, 7) is 7.34. The third kappa shape index (κ3) is 2.34. The number of pyridine rings is 1. The highest BCUT2D eigenvalue weighted by molar-refractivity contribution is 6.05. The van der Waals surface area contributed by atoms with Crippen molar-refractivity contribution < 1.29 is 14.3 Å². The number of rotatable bonds is 0. The van der Waals surface area contributed by atoms with Gasteiger partial charge in [-0.2, -0.15) is 0 Å². The zero-order chi connectivity index (χ0) is 13.5. The minimum Gasteiger partial charge on any atom is -0.443 e. The smallest absolute Gasteiger partial charge is 0.417 e. The van der Waals surface area contributed by atoms with Crippen LogP contribution in [0.4, 0.5) is 4.79 Å². The fourth-order valence-electron chi connectivity index (χ4n) is 1.73. The van der Waals surface area contributed by atoms with Gasteiger partial charge in [0.05, 0.1) is 6.54 Å². The summed E-state index contributed by atoms with van der Waals surface area (Å²) in [5.74, 6) is -0.386. The van der Waals surface area contributed by atoms with Crippen LogP contribution in [-0.2, 0) is 11.3 Å². The molecule has 5 nitrogen and oxygen atoms in total. The van der Waals surface area contributed by atoms with Gasteiger partial charge in [0, 0.05) is 11.3 Å². The highest BCUT2D eigenvalue weighted by Gasteiger charge is 2.36. The summed E-state index contributed by atoms with van der Waals surface area (Å²) >= 11 is 0. The summed E-state index contributed by atoms with van der Waals surface area (Å²) in [7, 11) is 0. The number of imide groups is 1. The lowest BCUT2D eigenvalue weighted by molar-refractivity contribution is 0.0247. The lowest BCUT2D eigenvalue weighted by Gasteiger charge is -2.23. The van der Waals surface area contributed by atoms with Crippen LogP contribution in [0.2, 0.25) is 0 Å². The van der Waals surface area contributed by atoms with Gasteiger partial charge in [-0.05, 0) is 33.8 Å². The van der Waals surface area contributed by atoms with E-state index >= 15 is 0 Å². The highest BCUT2D eigenvalue weighted by Crippen LogP contribution is 2.23. The summed E-state index contributed by atoms with van der Waals surface area (Å²) in [5, 5.41) is 0. The zero-order valence-electron chi connectivity index (χ0n) is 11.0. The quantitative estimate of drug-likeness (QED) is 0.706. The lowest BCUT2D eigenvalue weighted by atomic mass is 10.2. The maximum absolute atomic E-state index is 12.0. The van der Waals surface area contributed by atoms with E-state index in [4.69, 9.17) is 4.74 Å². The first-order valence-electron chi connectivity index (χ1n) is 5.79. The highest BCUT2D eigenvalue weighted by atomic mass is 16.6. The first-order chi connectivity index (χ1) is 8.28. The maximum atomic E-state index is 12.0. The minimum atomic E-state index is -0.622. The molecule has 0 spiro atoms. The number of amides is 2. The van der Waals surface area contributed by atoms with Crippen LogP contribution < -0.4 is 0 Å². The van der Waals surface area contributed by atoms with Gasteiger partial charge in [0.1, 0.15) is 11.3 Å². The minimum absolute atomic E-state index is 0.233. The third-order valence-corrected chi connectivity index (χ3v) is 2.51. The molecule has 0 N–H and O–H groups in total. The van der Waals surface area contributed by atoms with Crippen LogP contribution in [0.1, 0.15) is 42.5 Å². The van der Waals surface area contributed by atoms with Crippen molar-refractivity contribution in [1.29, 1.82) is 0 Å². The fraction of sp³-hybridized carbons (Fsp3) is 0.462. The zero-order valence-corrected chi connectivity index (χ0v) is 11.0. The molecule has 2 rings (SSSR count). The Bertz CT molecular complexity index is 517. The van der Waals surface area contributed by atoms with Gasteiger partial charge in [0.15, 0.2) is 0 Å². The van der Waals surface area contributed by atoms with E-state index in [1.54, 1.807) is 20.8 Å². The molecule has 0 atom stereocenters. The van der Waals surface area contributed by atoms with E-state index in [0.29, 0.717) is 5.69 Å². The Morgan fingerprint density at radius 1 is 1.39 bits per heavy atom. The van der Waals surface area contributed by atoms with Crippen molar-refractivity contribution in [3.63, 3.8) is 0 Å². The van der Waals surface area contributed by atoms with Gasteiger partial charge >= 0.3 is 6.09 Å². The molecule has 1 aromatic heterocycles. The molecule has 2 heterocycles. The molecule has 18 heavy (non-hydrogen) atoms. The fourth-order valence-corrected chi connectivity index (χ4v) is 1.73. The Labute approximate surface area is 106 Å². The number of nitrogens with zero attached hydrogens (tertiary/aromatic N) is 2. The Balaban J connectivity index is 2.21. The molecule has 1 aromatic rings. The molecule has 0 fully saturated rings. The number of hydrogen-bond acceptors (Lipinski definition) is 4. The normalized spacial score (nSPS) is 14.7. The van der Waals surface area contributed by atoms with Crippen LogP contribution in [0.25, 0.3) is 0 Å². The third-order valence-electron chi connectivity index (χ3n) is 2.51. The van der Waals surface area contributed by atoms with Crippen LogP contribution >= 0.6 is 0 Å². The predicted octanol–water partition coefficient (Wildman–Crippen LogP) is 2.28. The SMILES string of the molecule is Cc1ccc2c(n1)C(=O)N(C(=O)OC(C)(C)C)C2. The van der Waals surface area contributed by atoms with Gasteiger partial charge in [-0.25, -0.2) is 14.7 Å². The average Bonchev–Trinajstić information content (AvgIpc) is 2.54. The van der Waals surface area contributed by atoms with Gasteiger partial charge in [0.2, 0.25) is 0 Å². The molecule has 0 saturated carbocycles. The van der Waals surface area contributed by atoms with E-state index in [1.807, 2.05) is 19.1 Å². The van der Waals surface area contributed by atoms with Crippen molar-refractivity contribution in [2.75, 3.05) is 0 Å². The van der Waals surface area contributed by atoms with Crippen LogP contribution in [-0.4, -0.2) is 27.5 Å².